The summed E-state index contributed by atoms with van der Waals surface area (Å²) in [5.74, 6) is -1.30. The summed E-state index contributed by atoms with van der Waals surface area (Å²) in [6.07, 6.45) is 1.40. The van der Waals surface area contributed by atoms with E-state index in [1.807, 2.05) is 0 Å². The molecule has 0 unspecified atom stereocenters. The lowest BCUT2D eigenvalue weighted by Gasteiger charge is -2.08. The zero-order valence-electron chi connectivity index (χ0n) is 8.22. The summed E-state index contributed by atoms with van der Waals surface area (Å²) < 4.78 is 26.2. The van der Waals surface area contributed by atoms with Crippen molar-refractivity contribution in [3.63, 3.8) is 0 Å². The van der Waals surface area contributed by atoms with Gasteiger partial charge in [0.1, 0.15) is 11.6 Å². The Bertz CT molecular complexity index is 540. The van der Waals surface area contributed by atoms with Crippen molar-refractivity contribution in [1.82, 2.24) is 9.97 Å². The molecule has 17 heavy (non-hydrogen) atoms. The summed E-state index contributed by atoms with van der Waals surface area (Å²) in [5, 5.41) is 2.52. The van der Waals surface area contributed by atoms with Crippen molar-refractivity contribution in [2.45, 2.75) is 0 Å². The SMILES string of the molecule is Fc1cc(F)c(Nc2ccnc(Cl)n2)c(Cl)c1. The van der Waals surface area contributed by atoms with Crippen LogP contribution in [0.1, 0.15) is 0 Å². The second kappa shape index (κ2) is 4.81. The van der Waals surface area contributed by atoms with Crippen LogP contribution in [0, 0.1) is 11.6 Å². The average Bonchev–Trinajstić information content (AvgIpc) is 2.23. The molecule has 1 heterocycles. The number of nitrogens with one attached hydrogen (secondary N) is 1. The Morgan fingerprint density at radius 1 is 1.18 bits per heavy atom. The van der Waals surface area contributed by atoms with Gasteiger partial charge in [-0.25, -0.2) is 18.7 Å². The van der Waals surface area contributed by atoms with Gasteiger partial charge in [0.2, 0.25) is 5.28 Å². The van der Waals surface area contributed by atoms with Crippen molar-refractivity contribution in [2.75, 3.05) is 5.32 Å². The molecule has 7 heteroatoms. The second-order valence-corrected chi connectivity index (χ2v) is 3.83. The molecule has 1 N–H and O–H groups in total. The second-order valence-electron chi connectivity index (χ2n) is 3.08. The lowest BCUT2D eigenvalue weighted by Crippen LogP contribution is -1.98. The van der Waals surface area contributed by atoms with Crippen LogP contribution in [0.3, 0.4) is 0 Å². The van der Waals surface area contributed by atoms with Crippen LogP contribution in [-0.4, -0.2) is 9.97 Å². The quantitative estimate of drug-likeness (QED) is 0.847. The minimum absolute atomic E-state index is 0.00800. The highest BCUT2D eigenvalue weighted by Crippen LogP contribution is 2.28. The molecule has 2 aromatic rings. The Balaban J connectivity index is 2.36. The Labute approximate surface area is 105 Å². The predicted molar refractivity (Wildman–Crippen MR) is 61.7 cm³/mol. The number of hydrogen-bond acceptors (Lipinski definition) is 3. The van der Waals surface area contributed by atoms with Crippen LogP contribution in [-0.2, 0) is 0 Å². The van der Waals surface area contributed by atoms with E-state index in [-0.39, 0.29) is 21.8 Å². The van der Waals surface area contributed by atoms with Crippen molar-refractivity contribution in [1.29, 1.82) is 0 Å². The van der Waals surface area contributed by atoms with Crippen LogP contribution >= 0.6 is 23.2 Å². The topological polar surface area (TPSA) is 37.8 Å². The average molecular weight is 276 g/mol. The molecule has 0 saturated carbocycles. The molecule has 0 aliphatic rings. The molecule has 0 saturated heterocycles. The van der Waals surface area contributed by atoms with Crippen molar-refractivity contribution in [3.8, 4) is 0 Å². The van der Waals surface area contributed by atoms with Crippen LogP contribution in [0.25, 0.3) is 0 Å². The first kappa shape index (κ1) is 12.0. The van der Waals surface area contributed by atoms with Crippen LogP contribution in [0.5, 0.6) is 0 Å². The molecule has 3 nitrogen and oxygen atoms in total. The Morgan fingerprint density at radius 2 is 1.94 bits per heavy atom. The van der Waals surface area contributed by atoms with Gasteiger partial charge in [0.15, 0.2) is 5.82 Å². The molecule has 0 aliphatic carbocycles. The van der Waals surface area contributed by atoms with Crippen molar-refractivity contribution in [2.24, 2.45) is 0 Å². The molecule has 88 valence electrons. The van der Waals surface area contributed by atoms with E-state index in [0.717, 1.165) is 12.1 Å². The zero-order valence-corrected chi connectivity index (χ0v) is 9.73. The van der Waals surface area contributed by atoms with E-state index < -0.39 is 11.6 Å². The van der Waals surface area contributed by atoms with Crippen LogP contribution in [0.15, 0.2) is 24.4 Å². The van der Waals surface area contributed by atoms with Gasteiger partial charge in [-0.3, -0.25) is 0 Å². The number of rotatable bonds is 2. The summed E-state index contributed by atoms with van der Waals surface area (Å²) in [4.78, 5) is 7.47. The first-order valence-electron chi connectivity index (χ1n) is 4.46. The number of nitrogens with zero attached hydrogens (tertiary/aromatic N) is 2. The first-order valence-corrected chi connectivity index (χ1v) is 5.22. The normalized spacial score (nSPS) is 10.4. The van der Waals surface area contributed by atoms with E-state index in [1.54, 1.807) is 0 Å². The third-order valence-corrected chi connectivity index (χ3v) is 2.37. The number of anilines is 2. The van der Waals surface area contributed by atoms with E-state index >= 15 is 0 Å². The number of benzene rings is 1. The largest absolute Gasteiger partial charge is 0.336 e. The summed E-state index contributed by atoms with van der Waals surface area (Å²) in [5.41, 5.74) is -0.0668. The maximum absolute atomic E-state index is 13.4. The molecule has 1 aromatic heterocycles. The highest BCUT2D eigenvalue weighted by Gasteiger charge is 2.10. The van der Waals surface area contributed by atoms with E-state index in [0.29, 0.717) is 0 Å². The molecule has 0 atom stereocenters. The van der Waals surface area contributed by atoms with Crippen molar-refractivity contribution >= 4 is 34.7 Å². The predicted octanol–water partition coefficient (Wildman–Crippen LogP) is 3.81. The molecule has 0 spiro atoms. The van der Waals surface area contributed by atoms with E-state index in [2.05, 4.69) is 15.3 Å². The van der Waals surface area contributed by atoms with Gasteiger partial charge in [0, 0.05) is 12.3 Å². The van der Waals surface area contributed by atoms with Gasteiger partial charge in [0.25, 0.3) is 0 Å². The van der Waals surface area contributed by atoms with E-state index in [1.165, 1.54) is 12.3 Å². The minimum atomic E-state index is -0.815. The molecule has 0 bridgehead atoms. The monoisotopic (exact) mass is 275 g/mol. The van der Waals surface area contributed by atoms with Gasteiger partial charge in [-0.15, -0.1) is 0 Å². The highest BCUT2D eigenvalue weighted by atomic mass is 35.5. The fraction of sp³-hybridized carbons (Fsp3) is 0. The molecule has 0 amide bonds. The third-order valence-electron chi connectivity index (χ3n) is 1.89. The van der Waals surface area contributed by atoms with Gasteiger partial charge in [-0.1, -0.05) is 11.6 Å². The van der Waals surface area contributed by atoms with Gasteiger partial charge in [0.05, 0.1) is 10.7 Å². The standard InChI is InChI=1S/C10H5Cl2F2N3/c11-6-3-5(13)4-7(14)9(6)16-8-1-2-15-10(12)17-8/h1-4H,(H,15,16,17). The van der Waals surface area contributed by atoms with Gasteiger partial charge < -0.3 is 5.32 Å². The maximum atomic E-state index is 13.4. The summed E-state index contributed by atoms with van der Waals surface area (Å²) >= 11 is 11.3. The van der Waals surface area contributed by atoms with E-state index in [9.17, 15) is 8.78 Å². The Hall–Kier alpha value is -1.46. The summed E-state index contributed by atoms with van der Waals surface area (Å²) in [6, 6.07) is 3.19. The lowest BCUT2D eigenvalue weighted by molar-refractivity contribution is 0.586. The maximum Gasteiger partial charge on any atom is 0.224 e. The molecule has 2 rings (SSSR count). The summed E-state index contributed by atoms with van der Waals surface area (Å²) in [6.45, 7) is 0. The highest BCUT2D eigenvalue weighted by molar-refractivity contribution is 6.33. The Kier molecular flexibility index (Phi) is 3.40. The fourth-order valence-electron chi connectivity index (χ4n) is 1.19. The van der Waals surface area contributed by atoms with Crippen LogP contribution in [0.4, 0.5) is 20.3 Å². The van der Waals surface area contributed by atoms with Gasteiger partial charge in [-0.2, -0.15) is 0 Å². The first-order chi connectivity index (χ1) is 8.06. The number of hydrogen-bond donors (Lipinski definition) is 1. The number of aromatic nitrogens is 2. The van der Waals surface area contributed by atoms with Crippen molar-refractivity contribution in [3.05, 3.63) is 46.3 Å². The zero-order chi connectivity index (χ0) is 12.4. The molecular formula is C10H5Cl2F2N3. The number of halogens is 4. The smallest absolute Gasteiger partial charge is 0.224 e. The molecule has 0 radical (unpaired) electrons. The Morgan fingerprint density at radius 3 is 2.59 bits per heavy atom. The lowest BCUT2D eigenvalue weighted by atomic mass is 10.3. The van der Waals surface area contributed by atoms with Crippen LogP contribution in [0.2, 0.25) is 10.3 Å². The molecule has 1 aromatic carbocycles. The van der Waals surface area contributed by atoms with Crippen LogP contribution < -0.4 is 5.32 Å². The fourth-order valence-corrected chi connectivity index (χ4v) is 1.58. The molecular weight excluding hydrogens is 271 g/mol. The molecule has 0 aliphatic heterocycles. The molecule has 0 fully saturated rings. The van der Waals surface area contributed by atoms with Gasteiger partial charge in [-0.05, 0) is 23.7 Å². The third kappa shape index (κ3) is 2.81. The minimum Gasteiger partial charge on any atom is -0.336 e. The van der Waals surface area contributed by atoms with Gasteiger partial charge >= 0.3 is 0 Å². The summed E-state index contributed by atoms with van der Waals surface area (Å²) in [7, 11) is 0. The van der Waals surface area contributed by atoms with Crippen molar-refractivity contribution < 1.29 is 8.78 Å². The van der Waals surface area contributed by atoms with E-state index in [4.69, 9.17) is 23.2 Å².